The van der Waals surface area contributed by atoms with E-state index in [9.17, 15) is 5.11 Å². The van der Waals surface area contributed by atoms with Crippen LogP contribution in [0.3, 0.4) is 0 Å². The van der Waals surface area contributed by atoms with Crippen molar-refractivity contribution in [3.63, 3.8) is 0 Å². The lowest BCUT2D eigenvalue weighted by atomic mass is 9.47. The van der Waals surface area contributed by atoms with Gasteiger partial charge < -0.3 is 14.6 Å². The third-order valence-corrected chi connectivity index (χ3v) is 11.1. The van der Waals surface area contributed by atoms with Crippen LogP contribution in [0.2, 0.25) is 0 Å². The molecular formula is C29H48O3. The third kappa shape index (κ3) is 4.03. The van der Waals surface area contributed by atoms with Gasteiger partial charge in [-0.15, -0.1) is 0 Å². The van der Waals surface area contributed by atoms with Crippen LogP contribution in [0.15, 0.2) is 11.6 Å². The van der Waals surface area contributed by atoms with E-state index >= 15 is 0 Å². The van der Waals surface area contributed by atoms with Crippen LogP contribution in [0, 0.1) is 40.4 Å². The summed E-state index contributed by atoms with van der Waals surface area (Å²) in [7, 11) is 0. The van der Waals surface area contributed by atoms with Gasteiger partial charge in [-0.25, -0.2) is 0 Å². The predicted octanol–water partition coefficient (Wildman–Crippen LogP) is 6.89. The molecule has 0 aromatic heterocycles. The molecule has 3 nitrogen and oxygen atoms in total. The first-order valence-electron chi connectivity index (χ1n) is 14.0. The summed E-state index contributed by atoms with van der Waals surface area (Å²) in [5.41, 5.74) is 2.65. The maximum absolute atomic E-state index is 9.34. The molecule has 3 saturated carbocycles. The van der Waals surface area contributed by atoms with Gasteiger partial charge in [-0.3, -0.25) is 0 Å². The second-order valence-electron chi connectivity index (χ2n) is 12.6. The fourth-order valence-corrected chi connectivity index (χ4v) is 9.37. The van der Waals surface area contributed by atoms with Gasteiger partial charge in [0, 0.05) is 13.2 Å². The van der Waals surface area contributed by atoms with Gasteiger partial charge in [0.05, 0.1) is 6.10 Å². The predicted molar refractivity (Wildman–Crippen MR) is 129 cm³/mol. The van der Waals surface area contributed by atoms with Crippen LogP contribution in [0.25, 0.3) is 0 Å². The van der Waals surface area contributed by atoms with E-state index < -0.39 is 0 Å². The zero-order valence-electron chi connectivity index (χ0n) is 21.0. The summed E-state index contributed by atoms with van der Waals surface area (Å²) in [6.45, 7) is 8.96. The number of hydrogen-bond donors (Lipinski definition) is 1. The van der Waals surface area contributed by atoms with Gasteiger partial charge in [0.25, 0.3) is 0 Å². The molecule has 4 fully saturated rings. The van der Waals surface area contributed by atoms with Crippen LogP contribution in [0.5, 0.6) is 0 Å². The molecule has 5 aliphatic rings. The summed E-state index contributed by atoms with van der Waals surface area (Å²) in [6, 6.07) is 0. The number of hydrogen-bond acceptors (Lipinski definition) is 3. The second kappa shape index (κ2) is 9.34. The lowest BCUT2D eigenvalue weighted by molar-refractivity contribution is -0.195. The zero-order chi connectivity index (χ0) is 22.3. The molecule has 4 aliphatic carbocycles. The molecule has 1 heterocycles. The van der Waals surface area contributed by atoms with Crippen LogP contribution >= 0.6 is 0 Å². The highest BCUT2D eigenvalue weighted by Crippen LogP contribution is 2.67. The lowest BCUT2D eigenvalue weighted by Gasteiger charge is -2.58. The second-order valence-corrected chi connectivity index (χ2v) is 12.6. The molecule has 0 aromatic carbocycles. The third-order valence-electron chi connectivity index (χ3n) is 11.1. The topological polar surface area (TPSA) is 38.7 Å². The molecule has 0 radical (unpaired) electrons. The van der Waals surface area contributed by atoms with Crippen molar-refractivity contribution in [1.82, 2.24) is 0 Å². The smallest absolute Gasteiger partial charge is 0.157 e. The standard InChI is InChI=1S/C29H48O3/c1-20(7-6-17-30)24-11-12-25-23-10-9-21-19-22(32-27-8-4-5-18-31-27)13-15-28(21,2)26(23)14-16-29(24,25)3/h9,20,22-27,30H,4-8,10-19H2,1-3H3/t20-,22-,23?,24+,25?,26?,27?,28-,29+/m0/s1. The molecule has 3 heteroatoms. The Balaban J connectivity index is 1.28. The number of allylic oxidation sites excluding steroid dienone is 1. The van der Waals surface area contributed by atoms with E-state index in [1.807, 2.05) is 0 Å². The summed E-state index contributed by atoms with van der Waals surface area (Å²) in [6.07, 6.45) is 19.4. The molecule has 1 N–H and O–H groups in total. The normalized spacial score (nSPS) is 47.2. The SMILES string of the molecule is C[C@@H](CCCO)[C@H]1CCC2C3CC=C4C[C@@H](OC5CCCCO5)CC[C@]4(C)C3CC[C@@]21C. The van der Waals surface area contributed by atoms with E-state index in [0.717, 1.165) is 55.5 Å². The summed E-state index contributed by atoms with van der Waals surface area (Å²) in [4.78, 5) is 0. The molecule has 1 saturated heterocycles. The Labute approximate surface area is 196 Å². The first-order chi connectivity index (χ1) is 15.5. The van der Waals surface area contributed by atoms with Crippen molar-refractivity contribution >= 4 is 0 Å². The number of ether oxygens (including phenoxy) is 2. The summed E-state index contributed by atoms with van der Waals surface area (Å²) < 4.78 is 12.3. The number of aliphatic hydroxyl groups is 1. The molecule has 182 valence electrons. The Kier molecular flexibility index (Phi) is 6.82. The Morgan fingerprint density at radius 3 is 2.75 bits per heavy atom. The monoisotopic (exact) mass is 444 g/mol. The fourth-order valence-electron chi connectivity index (χ4n) is 9.37. The van der Waals surface area contributed by atoms with Crippen LogP contribution in [0.1, 0.15) is 104 Å². The van der Waals surface area contributed by atoms with Crippen molar-refractivity contribution in [2.24, 2.45) is 40.4 Å². The molecule has 5 rings (SSSR count). The Morgan fingerprint density at radius 2 is 1.97 bits per heavy atom. The molecule has 0 spiro atoms. The quantitative estimate of drug-likeness (QED) is 0.454. The van der Waals surface area contributed by atoms with E-state index in [1.165, 1.54) is 64.2 Å². The Bertz CT molecular complexity index is 682. The van der Waals surface area contributed by atoms with Crippen molar-refractivity contribution in [2.45, 2.75) is 117 Å². The highest BCUT2D eigenvalue weighted by Gasteiger charge is 2.59. The summed E-state index contributed by atoms with van der Waals surface area (Å²) in [5, 5.41) is 9.34. The number of fused-ring (bicyclic) bond motifs is 5. The van der Waals surface area contributed by atoms with Gasteiger partial charge in [0.2, 0.25) is 0 Å². The van der Waals surface area contributed by atoms with Gasteiger partial charge in [-0.05, 0) is 124 Å². The molecule has 4 unspecified atom stereocenters. The average molecular weight is 445 g/mol. The van der Waals surface area contributed by atoms with Crippen molar-refractivity contribution in [1.29, 1.82) is 0 Å². The van der Waals surface area contributed by atoms with Crippen LogP contribution in [-0.2, 0) is 9.47 Å². The van der Waals surface area contributed by atoms with E-state index in [4.69, 9.17) is 9.47 Å². The van der Waals surface area contributed by atoms with Gasteiger partial charge >= 0.3 is 0 Å². The van der Waals surface area contributed by atoms with Crippen molar-refractivity contribution in [3.05, 3.63) is 11.6 Å². The van der Waals surface area contributed by atoms with E-state index in [-0.39, 0.29) is 6.29 Å². The van der Waals surface area contributed by atoms with Gasteiger partial charge in [0.15, 0.2) is 6.29 Å². The van der Waals surface area contributed by atoms with Crippen molar-refractivity contribution < 1.29 is 14.6 Å². The molecule has 0 amide bonds. The van der Waals surface area contributed by atoms with Crippen LogP contribution in [0.4, 0.5) is 0 Å². The van der Waals surface area contributed by atoms with Crippen LogP contribution < -0.4 is 0 Å². The molecule has 9 atom stereocenters. The van der Waals surface area contributed by atoms with Crippen molar-refractivity contribution in [2.75, 3.05) is 13.2 Å². The molecule has 0 bridgehead atoms. The Morgan fingerprint density at radius 1 is 1.09 bits per heavy atom. The minimum absolute atomic E-state index is 0.0497. The van der Waals surface area contributed by atoms with Gasteiger partial charge in [-0.1, -0.05) is 32.4 Å². The first kappa shape index (κ1) is 23.4. The first-order valence-corrected chi connectivity index (χ1v) is 14.0. The maximum atomic E-state index is 9.34. The van der Waals surface area contributed by atoms with E-state index in [0.29, 0.717) is 23.5 Å². The van der Waals surface area contributed by atoms with E-state index in [2.05, 4.69) is 26.8 Å². The van der Waals surface area contributed by atoms with Crippen LogP contribution in [-0.4, -0.2) is 30.7 Å². The minimum atomic E-state index is 0.0497. The highest BCUT2D eigenvalue weighted by molar-refractivity contribution is 5.25. The van der Waals surface area contributed by atoms with Crippen molar-refractivity contribution in [3.8, 4) is 0 Å². The lowest BCUT2D eigenvalue weighted by Crippen LogP contribution is -2.51. The van der Waals surface area contributed by atoms with Gasteiger partial charge in [-0.2, -0.15) is 0 Å². The van der Waals surface area contributed by atoms with Gasteiger partial charge in [0.1, 0.15) is 0 Å². The molecule has 0 aromatic rings. The maximum Gasteiger partial charge on any atom is 0.157 e. The Hall–Kier alpha value is -0.380. The molecular weight excluding hydrogens is 396 g/mol. The minimum Gasteiger partial charge on any atom is -0.396 e. The summed E-state index contributed by atoms with van der Waals surface area (Å²) >= 11 is 0. The molecule has 32 heavy (non-hydrogen) atoms. The fraction of sp³-hybridized carbons (Fsp3) is 0.931. The zero-order valence-corrected chi connectivity index (χ0v) is 21.0. The summed E-state index contributed by atoms with van der Waals surface area (Å²) in [5.74, 6) is 4.28. The van der Waals surface area contributed by atoms with E-state index in [1.54, 1.807) is 5.57 Å². The largest absolute Gasteiger partial charge is 0.396 e. The average Bonchev–Trinajstić information content (AvgIpc) is 3.16. The molecule has 1 aliphatic heterocycles. The highest BCUT2D eigenvalue weighted by atomic mass is 16.7. The number of rotatable bonds is 6. The number of aliphatic hydroxyl groups excluding tert-OH is 1.